The summed E-state index contributed by atoms with van der Waals surface area (Å²) in [6, 6.07) is 6.64. The number of carbonyl (C=O) groups is 1. The van der Waals surface area contributed by atoms with Gasteiger partial charge < -0.3 is 13.7 Å². The van der Waals surface area contributed by atoms with Crippen LogP contribution in [0.5, 0.6) is 5.75 Å². The lowest BCUT2D eigenvalue weighted by atomic mass is 9.95. The van der Waals surface area contributed by atoms with Gasteiger partial charge in [0.05, 0.1) is 11.0 Å². The predicted octanol–water partition coefficient (Wildman–Crippen LogP) is 6.13. The third kappa shape index (κ3) is 6.63. The maximum absolute atomic E-state index is 13.3. The average molecular weight is 505 g/mol. The number of benzene rings is 2. The molecule has 0 saturated heterocycles. The first-order chi connectivity index (χ1) is 15.2. The summed E-state index contributed by atoms with van der Waals surface area (Å²) >= 11 is 0. The highest BCUT2D eigenvalue weighted by Crippen LogP contribution is 2.42. The molecule has 10 heteroatoms. The Kier molecular flexibility index (Phi) is 7.69. The van der Waals surface area contributed by atoms with Gasteiger partial charge in [0.1, 0.15) is 12.7 Å². The summed E-state index contributed by atoms with van der Waals surface area (Å²) in [7, 11) is -5.99. The second kappa shape index (κ2) is 9.37. The summed E-state index contributed by atoms with van der Waals surface area (Å²) in [5.74, 6) is -1.05. The number of fused-ring (bicyclic) bond motifs is 1. The van der Waals surface area contributed by atoms with Gasteiger partial charge in [-0.05, 0) is 72.4 Å². The summed E-state index contributed by atoms with van der Waals surface area (Å²) in [6.07, 6.45) is -1.10. The van der Waals surface area contributed by atoms with E-state index in [4.69, 9.17) is 13.7 Å². The van der Waals surface area contributed by atoms with Crippen LogP contribution in [-0.2, 0) is 24.4 Å². The minimum atomic E-state index is -5.99. The quantitative estimate of drug-likeness (QED) is 0.268. The van der Waals surface area contributed by atoms with Crippen molar-refractivity contribution in [3.63, 3.8) is 0 Å². The highest BCUT2D eigenvalue weighted by Gasteiger charge is 2.49. The van der Waals surface area contributed by atoms with Gasteiger partial charge in [0, 0.05) is 10.9 Å². The maximum Gasteiger partial charge on any atom is 0.534 e. The SMILES string of the molecule is Cc1ccc2cc(C)c(C(COC(=O)C(C)(C)C)OC(C)(C)C)c(OS(=O)(=O)C(F)(F)F)c2c1. The van der Waals surface area contributed by atoms with Gasteiger partial charge in [0.2, 0.25) is 0 Å². The standard InChI is InChI=1S/C24H31F3O6S/c1-14-9-10-16-12-15(2)19(20(17(16)11-14)33-34(29,30)24(25,26)27)18(32-23(6,7)8)13-31-21(28)22(3,4)5/h9-12,18H,13H2,1-8H3. The van der Waals surface area contributed by atoms with Crippen LogP contribution in [0.15, 0.2) is 24.3 Å². The van der Waals surface area contributed by atoms with Crippen LogP contribution in [0.1, 0.15) is 64.3 Å². The van der Waals surface area contributed by atoms with Crippen LogP contribution in [0.2, 0.25) is 0 Å². The van der Waals surface area contributed by atoms with E-state index in [0.29, 0.717) is 16.5 Å². The zero-order valence-corrected chi connectivity index (χ0v) is 21.4. The number of esters is 1. The molecule has 0 fully saturated rings. The largest absolute Gasteiger partial charge is 0.534 e. The lowest BCUT2D eigenvalue weighted by molar-refractivity contribution is -0.162. The molecule has 0 aliphatic heterocycles. The molecule has 2 rings (SSSR count). The zero-order chi connectivity index (χ0) is 26.3. The molecule has 0 radical (unpaired) electrons. The second-order valence-corrected chi connectivity index (χ2v) is 11.7. The molecule has 1 atom stereocenters. The Morgan fingerprint density at radius 1 is 1.00 bits per heavy atom. The van der Waals surface area contributed by atoms with Crippen LogP contribution < -0.4 is 4.18 Å². The minimum Gasteiger partial charge on any atom is -0.462 e. The summed E-state index contributed by atoms with van der Waals surface area (Å²) in [5, 5.41) is 0.651. The highest BCUT2D eigenvalue weighted by atomic mass is 32.2. The molecule has 6 nitrogen and oxygen atoms in total. The molecule has 0 aliphatic rings. The fourth-order valence-electron chi connectivity index (χ4n) is 3.25. The first-order valence-electron chi connectivity index (χ1n) is 10.6. The lowest BCUT2D eigenvalue weighted by Gasteiger charge is -2.31. The van der Waals surface area contributed by atoms with Crippen LogP contribution in [0, 0.1) is 19.3 Å². The van der Waals surface area contributed by atoms with Crippen molar-refractivity contribution < 1.29 is 40.0 Å². The summed E-state index contributed by atoms with van der Waals surface area (Å²) < 4.78 is 80.1. The average Bonchev–Trinajstić information content (AvgIpc) is 2.63. The molecule has 0 aromatic heterocycles. The molecule has 190 valence electrons. The van der Waals surface area contributed by atoms with Gasteiger partial charge in [-0.2, -0.15) is 21.6 Å². The topological polar surface area (TPSA) is 78.9 Å². The Balaban J connectivity index is 2.79. The van der Waals surface area contributed by atoms with Crippen LogP contribution in [0.3, 0.4) is 0 Å². The number of alkyl halides is 3. The van der Waals surface area contributed by atoms with Crippen LogP contribution >= 0.6 is 0 Å². The molecule has 0 heterocycles. The van der Waals surface area contributed by atoms with E-state index in [0.717, 1.165) is 0 Å². The Hall–Kier alpha value is -2.33. The molecule has 1 unspecified atom stereocenters. The first-order valence-corrected chi connectivity index (χ1v) is 12.0. The van der Waals surface area contributed by atoms with E-state index in [-0.39, 0.29) is 17.6 Å². The fourth-order valence-corrected chi connectivity index (χ4v) is 3.74. The number of aryl methyl sites for hydroxylation is 2. The van der Waals surface area contributed by atoms with Gasteiger partial charge in [0.15, 0.2) is 5.75 Å². The zero-order valence-electron chi connectivity index (χ0n) is 20.6. The van der Waals surface area contributed by atoms with Crippen molar-refractivity contribution in [3.05, 3.63) is 41.0 Å². The van der Waals surface area contributed by atoms with E-state index in [2.05, 4.69) is 0 Å². The molecule has 0 spiro atoms. The first kappa shape index (κ1) is 27.9. The van der Waals surface area contributed by atoms with E-state index in [9.17, 15) is 26.4 Å². The number of ether oxygens (including phenoxy) is 2. The minimum absolute atomic E-state index is 0.0579. The summed E-state index contributed by atoms with van der Waals surface area (Å²) in [5.41, 5.74) is -6.12. The van der Waals surface area contributed by atoms with Crippen LogP contribution in [0.25, 0.3) is 10.8 Å². The van der Waals surface area contributed by atoms with Crippen molar-refractivity contribution in [3.8, 4) is 5.75 Å². The van der Waals surface area contributed by atoms with Gasteiger partial charge in [0.25, 0.3) is 0 Å². The normalized spacial score (nSPS) is 14.2. The molecule has 0 saturated carbocycles. The maximum atomic E-state index is 13.3. The van der Waals surface area contributed by atoms with Gasteiger partial charge in [-0.3, -0.25) is 4.79 Å². The highest BCUT2D eigenvalue weighted by molar-refractivity contribution is 7.88. The van der Waals surface area contributed by atoms with Gasteiger partial charge in [-0.25, -0.2) is 0 Å². The van der Waals surface area contributed by atoms with Crippen LogP contribution in [-0.4, -0.2) is 32.1 Å². The third-order valence-electron chi connectivity index (χ3n) is 4.77. The Morgan fingerprint density at radius 3 is 2.09 bits per heavy atom. The van der Waals surface area contributed by atoms with Gasteiger partial charge >= 0.3 is 21.6 Å². The Morgan fingerprint density at radius 2 is 1.59 bits per heavy atom. The number of halogens is 3. The Labute approximate surface area is 198 Å². The Bertz CT molecular complexity index is 1170. The molecule has 34 heavy (non-hydrogen) atoms. The number of hydrogen-bond donors (Lipinski definition) is 0. The smallest absolute Gasteiger partial charge is 0.462 e. The van der Waals surface area contributed by atoms with Crippen molar-refractivity contribution in [1.29, 1.82) is 0 Å². The van der Waals surface area contributed by atoms with Gasteiger partial charge in [-0.15, -0.1) is 0 Å². The molecular formula is C24H31F3O6S. The molecule has 2 aromatic rings. The monoisotopic (exact) mass is 504 g/mol. The van der Waals surface area contributed by atoms with E-state index in [1.807, 2.05) is 0 Å². The number of hydrogen-bond acceptors (Lipinski definition) is 6. The van der Waals surface area contributed by atoms with E-state index in [1.54, 1.807) is 73.6 Å². The molecule has 0 N–H and O–H groups in total. The molecule has 0 bridgehead atoms. The summed E-state index contributed by atoms with van der Waals surface area (Å²) in [6.45, 7) is 13.1. The third-order valence-corrected chi connectivity index (χ3v) is 5.72. The van der Waals surface area contributed by atoms with Crippen molar-refractivity contribution >= 4 is 26.9 Å². The van der Waals surface area contributed by atoms with E-state index in [1.165, 1.54) is 6.07 Å². The van der Waals surface area contributed by atoms with Crippen molar-refractivity contribution in [2.45, 2.75) is 72.6 Å². The van der Waals surface area contributed by atoms with Crippen LogP contribution in [0.4, 0.5) is 13.2 Å². The molecule has 0 aliphatic carbocycles. The van der Waals surface area contributed by atoms with E-state index < -0.39 is 44.5 Å². The molecular weight excluding hydrogens is 473 g/mol. The van der Waals surface area contributed by atoms with Crippen molar-refractivity contribution in [2.24, 2.45) is 5.41 Å². The van der Waals surface area contributed by atoms with Gasteiger partial charge in [-0.1, -0.05) is 23.8 Å². The van der Waals surface area contributed by atoms with Crippen molar-refractivity contribution in [1.82, 2.24) is 0 Å². The summed E-state index contributed by atoms with van der Waals surface area (Å²) in [4.78, 5) is 12.4. The number of carbonyl (C=O) groups excluding carboxylic acids is 1. The predicted molar refractivity (Wildman–Crippen MR) is 123 cm³/mol. The van der Waals surface area contributed by atoms with E-state index >= 15 is 0 Å². The fraction of sp³-hybridized carbons (Fsp3) is 0.542. The molecule has 2 aromatic carbocycles. The second-order valence-electron chi connectivity index (χ2n) is 10.2. The van der Waals surface area contributed by atoms with Crippen molar-refractivity contribution in [2.75, 3.05) is 6.61 Å². The number of rotatable bonds is 6. The molecule has 0 amide bonds. The lowest BCUT2D eigenvalue weighted by Crippen LogP contribution is -2.31.